The third kappa shape index (κ3) is 7.17. The molecule has 0 saturated carbocycles. The molecule has 0 radical (unpaired) electrons. The van der Waals surface area contributed by atoms with E-state index in [0.717, 1.165) is 30.1 Å². The van der Waals surface area contributed by atoms with Crippen molar-refractivity contribution in [3.05, 3.63) is 47.0 Å². The van der Waals surface area contributed by atoms with Gasteiger partial charge in [-0.2, -0.15) is 0 Å². The van der Waals surface area contributed by atoms with E-state index in [2.05, 4.69) is 26.4 Å². The lowest BCUT2D eigenvalue weighted by atomic mass is 9.97. The Labute approximate surface area is 157 Å². The number of rotatable bonds is 8. The highest BCUT2D eigenvalue weighted by molar-refractivity contribution is 7.88. The summed E-state index contributed by atoms with van der Waals surface area (Å²) < 4.78 is 25.7. The molecule has 0 amide bonds. The zero-order chi connectivity index (χ0) is 18.8. The average molecular weight is 379 g/mol. The van der Waals surface area contributed by atoms with Gasteiger partial charge in [0.15, 0.2) is 5.96 Å². The Morgan fingerprint density at radius 1 is 1.19 bits per heavy atom. The second-order valence-corrected chi connectivity index (χ2v) is 8.42. The second kappa shape index (κ2) is 10.3. The average Bonchev–Trinajstić information content (AvgIpc) is 2.65. The van der Waals surface area contributed by atoms with Crippen LogP contribution in [0.5, 0.6) is 0 Å². The monoisotopic (exact) mass is 378 g/mol. The lowest BCUT2D eigenvalue weighted by molar-refractivity contribution is 0.587. The Bertz CT molecular complexity index is 742. The van der Waals surface area contributed by atoms with E-state index in [1.807, 2.05) is 24.3 Å². The zero-order valence-electron chi connectivity index (χ0n) is 15.7. The third-order valence-electron chi connectivity index (χ3n) is 4.47. The highest BCUT2D eigenvalue weighted by Crippen LogP contribution is 2.19. The number of sulfonamides is 1. The molecule has 144 valence electrons. The van der Waals surface area contributed by atoms with Gasteiger partial charge in [0, 0.05) is 20.1 Å². The van der Waals surface area contributed by atoms with Crippen LogP contribution in [0.1, 0.15) is 43.2 Å². The maximum Gasteiger partial charge on any atom is 0.215 e. The molecule has 1 aliphatic carbocycles. The van der Waals surface area contributed by atoms with Crippen LogP contribution in [-0.2, 0) is 22.3 Å². The Morgan fingerprint density at radius 2 is 2.00 bits per heavy atom. The maximum absolute atomic E-state index is 11.7. The van der Waals surface area contributed by atoms with E-state index in [-0.39, 0.29) is 5.75 Å². The number of allylic oxidation sites excluding steroid dienone is 1. The van der Waals surface area contributed by atoms with Crippen LogP contribution in [0.3, 0.4) is 0 Å². The standard InChI is InChI=1S/C19H30N4O2S/c1-20-19(22-12-11-16-7-4-3-5-8-16)23-14-17-9-6-10-18(13-17)15-26(24,25)21-2/h6-7,9-10,13,21H,3-5,8,11-12,14-15H2,1-2H3,(H2,20,22,23). The smallest absolute Gasteiger partial charge is 0.215 e. The minimum absolute atomic E-state index is 0.0145. The Hall–Kier alpha value is -1.86. The molecular formula is C19H30N4O2S. The first kappa shape index (κ1) is 20.5. The van der Waals surface area contributed by atoms with Crippen molar-refractivity contribution < 1.29 is 8.42 Å². The van der Waals surface area contributed by atoms with Gasteiger partial charge in [-0.15, -0.1) is 0 Å². The summed E-state index contributed by atoms with van der Waals surface area (Å²) in [6.07, 6.45) is 8.47. The summed E-state index contributed by atoms with van der Waals surface area (Å²) in [7, 11) is -0.0744. The van der Waals surface area contributed by atoms with E-state index in [1.54, 1.807) is 7.05 Å². The minimum Gasteiger partial charge on any atom is -0.356 e. The summed E-state index contributed by atoms with van der Waals surface area (Å²) in [6.45, 7) is 1.46. The van der Waals surface area contributed by atoms with Crippen molar-refractivity contribution >= 4 is 16.0 Å². The molecule has 26 heavy (non-hydrogen) atoms. The lowest BCUT2D eigenvalue weighted by Gasteiger charge is -2.15. The molecule has 2 rings (SSSR count). The van der Waals surface area contributed by atoms with Crippen molar-refractivity contribution in [1.29, 1.82) is 0 Å². The van der Waals surface area contributed by atoms with Gasteiger partial charge in [-0.25, -0.2) is 13.1 Å². The topological polar surface area (TPSA) is 82.6 Å². The number of aliphatic imine (C=N–C) groups is 1. The van der Waals surface area contributed by atoms with E-state index in [9.17, 15) is 8.42 Å². The molecule has 0 fully saturated rings. The minimum atomic E-state index is -3.26. The zero-order valence-corrected chi connectivity index (χ0v) is 16.5. The Morgan fingerprint density at radius 3 is 2.69 bits per heavy atom. The van der Waals surface area contributed by atoms with Crippen LogP contribution >= 0.6 is 0 Å². The van der Waals surface area contributed by atoms with Gasteiger partial charge >= 0.3 is 0 Å². The summed E-state index contributed by atoms with van der Waals surface area (Å²) >= 11 is 0. The van der Waals surface area contributed by atoms with Gasteiger partial charge in [0.05, 0.1) is 5.75 Å². The van der Waals surface area contributed by atoms with E-state index in [4.69, 9.17) is 0 Å². The van der Waals surface area contributed by atoms with Crippen LogP contribution in [-0.4, -0.2) is 35.0 Å². The lowest BCUT2D eigenvalue weighted by Crippen LogP contribution is -2.37. The van der Waals surface area contributed by atoms with E-state index in [0.29, 0.717) is 6.54 Å². The highest BCUT2D eigenvalue weighted by Gasteiger charge is 2.09. The largest absolute Gasteiger partial charge is 0.356 e. The van der Waals surface area contributed by atoms with Gasteiger partial charge in [-0.3, -0.25) is 4.99 Å². The molecule has 0 bridgehead atoms. The van der Waals surface area contributed by atoms with Crippen LogP contribution < -0.4 is 15.4 Å². The molecule has 1 aliphatic rings. The van der Waals surface area contributed by atoms with Crippen LogP contribution in [0.15, 0.2) is 40.9 Å². The molecule has 0 unspecified atom stereocenters. The van der Waals surface area contributed by atoms with Crippen LogP contribution in [0, 0.1) is 0 Å². The molecule has 7 heteroatoms. The number of guanidine groups is 1. The van der Waals surface area contributed by atoms with Gasteiger partial charge in [-0.05, 0) is 50.3 Å². The predicted molar refractivity (Wildman–Crippen MR) is 107 cm³/mol. The summed E-state index contributed by atoms with van der Waals surface area (Å²) in [5.74, 6) is 0.744. The quantitative estimate of drug-likeness (QED) is 0.368. The van der Waals surface area contributed by atoms with Gasteiger partial charge in [-0.1, -0.05) is 35.9 Å². The normalized spacial score (nSPS) is 15.5. The number of nitrogens with one attached hydrogen (secondary N) is 3. The van der Waals surface area contributed by atoms with Crippen molar-refractivity contribution in [3.63, 3.8) is 0 Å². The van der Waals surface area contributed by atoms with Crippen LogP contribution in [0.2, 0.25) is 0 Å². The SMILES string of the molecule is CN=C(NCCC1=CCCCC1)NCc1cccc(CS(=O)(=O)NC)c1. The first-order chi connectivity index (χ1) is 12.5. The molecule has 6 nitrogen and oxygen atoms in total. The molecule has 1 aromatic carbocycles. The van der Waals surface area contributed by atoms with Crippen molar-refractivity contribution in [2.75, 3.05) is 20.6 Å². The molecule has 3 N–H and O–H groups in total. The Balaban J connectivity index is 1.81. The highest BCUT2D eigenvalue weighted by atomic mass is 32.2. The molecule has 0 atom stereocenters. The molecular weight excluding hydrogens is 348 g/mol. The number of hydrogen-bond acceptors (Lipinski definition) is 3. The van der Waals surface area contributed by atoms with Gasteiger partial charge in [0.2, 0.25) is 10.0 Å². The molecule has 0 spiro atoms. The van der Waals surface area contributed by atoms with E-state index >= 15 is 0 Å². The van der Waals surface area contributed by atoms with Crippen molar-refractivity contribution in [1.82, 2.24) is 15.4 Å². The van der Waals surface area contributed by atoms with E-state index < -0.39 is 10.0 Å². The van der Waals surface area contributed by atoms with Crippen LogP contribution in [0.4, 0.5) is 0 Å². The molecule has 1 aromatic rings. The van der Waals surface area contributed by atoms with Crippen molar-refractivity contribution in [2.45, 2.75) is 44.4 Å². The molecule has 0 saturated heterocycles. The fourth-order valence-electron chi connectivity index (χ4n) is 3.00. The van der Waals surface area contributed by atoms with Crippen LogP contribution in [0.25, 0.3) is 0 Å². The third-order valence-corrected chi connectivity index (χ3v) is 5.80. The summed E-state index contributed by atoms with van der Waals surface area (Å²) in [5, 5.41) is 6.62. The molecule has 0 heterocycles. The van der Waals surface area contributed by atoms with Crippen molar-refractivity contribution in [3.8, 4) is 0 Å². The molecule has 0 aromatic heterocycles. The van der Waals surface area contributed by atoms with Gasteiger partial charge in [0.25, 0.3) is 0 Å². The fraction of sp³-hybridized carbons (Fsp3) is 0.526. The molecule has 0 aliphatic heterocycles. The predicted octanol–water partition coefficient (Wildman–Crippen LogP) is 2.29. The maximum atomic E-state index is 11.7. The summed E-state index contributed by atoms with van der Waals surface area (Å²) in [5.41, 5.74) is 3.33. The first-order valence-corrected chi connectivity index (χ1v) is 10.8. The van der Waals surface area contributed by atoms with Gasteiger partial charge in [0.1, 0.15) is 0 Å². The Kier molecular flexibility index (Phi) is 8.12. The summed E-state index contributed by atoms with van der Waals surface area (Å²) in [4.78, 5) is 4.25. The fourth-order valence-corrected chi connectivity index (χ4v) is 3.76. The van der Waals surface area contributed by atoms with Crippen molar-refractivity contribution in [2.24, 2.45) is 4.99 Å². The van der Waals surface area contributed by atoms with E-state index in [1.165, 1.54) is 38.3 Å². The second-order valence-electron chi connectivity index (χ2n) is 6.49. The number of nitrogens with zero attached hydrogens (tertiary/aromatic N) is 1. The number of benzene rings is 1. The van der Waals surface area contributed by atoms with Gasteiger partial charge < -0.3 is 10.6 Å². The first-order valence-electron chi connectivity index (χ1n) is 9.14. The number of hydrogen-bond donors (Lipinski definition) is 3. The summed E-state index contributed by atoms with van der Waals surface area (Å²) in [6, 6.07) is 7.58.